The highest BCUT2D eigenvalue weighted by Gasteiger charge is 2.45. The first-order chi connectivity index (χ1) is 8.81. The summed E-state index contributed by atoms with van der Waals surface area (Å²) in [5.74, 6) is -1.48. The van der Waals surface area contributed by atoms with Crippen molar-refractivity contribution in [1.29, 1.82) is 0 Å². The van der Waals surface area contributed by atoms with Crippen molar-refractivity contribution in [2.24, 2.45) is 0 Å². The topological polar surface area (TPSA) is 88.1 Å². The molecule has 1 aliphatic heterocycles. The molecule has 0 amide bonds. The lowest BCUT2D eigenvalue weighted by atomic mass is 10.1. The average Bonchev–Trinajstić information content (AvgIpc) is 2.58. The summed E-state index contributed by atoms with van der Waals surface area (Å²) in [4.78, 5) is 33.0. The maximum Gasteiger partial charge on any atom is 0.303 e. The van der Waals surface area contributed by atoms with Gasteiger partial charge >= 0.3 is 17.9 Å². The van der Waals surface area contributed by atoms with Crippen LogP contribution in [-0.4, -0.2) is 48.9 Å². The van der Waals surface area contributed by atoms with Crippen LogP contribution in [0.3, 0.4) is 0 Å². The predicted octanol–water partition coefficient (Wildman–Crippen LogP) is 0.200. The fourth-order valence-corrected chi connectivity index (χ4v) is 1.99. The molecule has 0 bridgehead atoms. The molecule has 0 unspecified atom stereocenters. The zero-order valence-electron chi connectivity index (χ0n) is 11.4. The van der Waals surface area contributed by atoms with Crippen molar-refractivity contribution in [3.05, 3.63) is 0 Å². The molecule has 0 spiro atoms. The third-order valence-corrected chi connectivity index (χ3v) is 2.58. The molecule has 7 nitrogen and oxygen atoms in total. The molecule has 1 fully saturated rings. The van der Waals surface area contributed by atoms with E-state index >= 15 is 0 Å². The zero-order chi connectivity index (χ0) is 14.6. The van der Waals surface area contributed by atoms with Crippen molar-refractivity contribution in [1.82, 2.24) is 0 Å². The minimum Gasteiger partial charge on any atom is -0.460 e. The monoisotopic (exact) mass is 274 g/mol. The number of hydrogen-bond donors (Lipinski definition) is 0. The number of hydrogen-bond acceptors (Lipinski definition) is 7. The third kappa shape index (κ3) is 4.51. The molecule has 0 saturated carbocycles. The van der Waals surface area contributed by atoms with Gasteiger partial charge in [-0.3, -0.25) is 14.4 Å². The van der Waals surface area contributed by atoms with Gasteiger partial charge in [0.05, 0.1) is 6.61 Å². The van der Waals surface area contributed by atoms with E-state index in [4.69, 9.17) is 18.9 Å². The largest absolute Gasteiger partial charge is 0.460 e. The normalized spacial score (nSPS) is 27.5. The Morgan fingerprint density at radius 1 is 1.05 bits per heavy atom. The van der Waals surface area contributed by atoms with E-state index in [0.29, 0.717) is 0 Å². The second-order valence-corrected chi connectivity index (χ2v) is 4.33. The van der Waals surface area contributed by atoms with Gasteiger partial charge < -0.3 is 18.9 Å². The second kappa shape index (κ2) is 6.51. The Balaban J connectivity index is 2.76. The molecule has 1 aliphatic rings. The van der Waals surface area contributed by atoms with Crippen molar-refractivity contribution in [3.63, 3.8) is 0 Å². The zero-order valence-corrected chi connectivity index (χ0v) is 11.4. The van der Waals surface area contributed by atoms with Crippen LogP contribution in [0.25, 0.3) is 0 Å². The molecule has 0 N–H and O–H groups in total. The van der Waals surface area contributed by atoms with Crippen LogP contribution in [0.4, 0.5) is 0 Å². The maximum absolute atomic E-state index is 11.1. The van der Waals surface area contributed by atoms with E-state index in [1.165, 1.54) is 20.8 Å². The lowest BCUT2D eigenvalue weighted by Crippen LogP contribution is -2.43. The second-order valence-electron chi connectivity index (χ2n) is 4.33. The van der Waals surface area contributed by atoms with Gasteiger partial charge in [-0.15, -0.1) is 0 Å². The number of ether oxygens (including phenoxy) is 4. The van der Waals surface area contributed by atoms with Crippen molar-refractivity contribution >= 4 is 17.9 Å². The van der Waals surface area contributed by atoms with Gasteiger partial charge in [0.1, 0.15) is 12.2 Å². The Labute approximate surface area is 111 Å². The number of carbonyl (C=O) groups excluding carboxylic acids is 3. The Hall–Kier alpha value is -1.63. The Morgan fingerprint density at radius 3 is 2.11 bits per heavy atom. The van der Waals surface area contributed by atoms with Gasteiger partial charge in [-0.1, -0.05) is 0 Å². The highest BCUT2D eigenvalue weighted by molar-refractivity contribution is 5.68. The van der Waals surface area contributed by atoms with Crippen LogP contribution in [0, 0.1) is 0 Å². The van der Waals surface area contributed by atoms with Crippen molar-refractivity contribution < 1.29 is 33.3 Å². The van der Waals surface area contributed by atoms with Crippen LogP contribution in [0.1, 0.15) is 27.7 Å². The Kier molecular flexibility index (Phi) is 5.29. The molecule has 0 aromatic heterocycles. The Bertz CT molecular complexity index is 365. The lowest BCUT2D eigenvalue weighted by molar-refractivity contribution is -0.169. The van der Waals surface area contributed by atoms with Gasteiger partial charge in [0.2, 0.25) is 0 Å². The van der Waals surface area contributed by atoms with Gasteiger partial charge in [0, 0.05) is 20.8 Å². The summed E-state index contributed by atoms with van der Waals surface area (Å²) in [5, 5.41) is 0. The van der Waals surface area contributed by atoms with Gasteiger partial charge in [-0.05, 0) is 6.92 Å². The molecule has 4 atom stereocenters. The van der Waals surface area contributed by atoms with Crippen LogP contribution in [0.5, 0.6) is 0 Å². The van der Waals surface area contributed by atoms with E-state index in [1.54, 1.807) is 6.92 Å². The summed E-state index contributed by atoms with van der Waals surface area (Å²) in [6.45, 7) is 5.49. The fraction of sp³-hybridized carbons (Fsp3) is 0.750. The van der Waals surface area contributed by atoms with Crippen LogP contribution < -0.4 is 0 Å². The lowest BCUT2D eigenvalue weighted by Gasteiger charge is -2.25. The summed E-state index contributed by atoms with van der Waals surface area (Å²) in [6, 6.07) is 0. The fourth-order valence-electron chi connectivity index (χ4n) is 1.99. The van der Waals surface area contributed by atoms with Gasteiger partial charge in [-0.25, -0.2) is 0 Å². The molecule has 19 heavy (non-hydrogen) atoms. The smallest absolute Gasteiger partial charge is 0.303 e. The predicted molar refractivity (Wildman–Crippen MR) is 62.1 cm³/mol. The summed E-state index contributed by atoms with van der Waals surface area (Å²) >= 11 is 0. The van der Waals surface area contributed by atoms with Crippen LogP contribution in [0.15, 0.2) is 0 Å². The highest BCUT2D eigenvalue weighted by atomic mass is 16.6. The molecule has 0 aromatic rings. The number of carbonyl (C=O) groups is 3. The Morgan fingerprint density at radius 2 is 1.63 bits per heavy atom. The third-order valence-electron chi connectivity index (χ3n) is 2.58. The molecular weight excluding hydrogens is 256 g/mol. The van der Waals surface area contributed by atoms with Gasteiger partial charge in [0.15, 0.2) is 12.2 Å². The van der Waals surface area contributed by atoms with Gasteiger partial charge in [0.25, 0.3) is 0 Å². The maximum atomic E-state index is 11.1. The molecular formula is C12H18O7. The van der Waals surface area contributed by atoms with E-state index < -0.39 is 42.3 Å². The summed E-state index contributed by atoms with van der Waals surface area (Å²) < 4.78 is 20.6. The van der Waals surface area contributed by atoms with E-state index in [1.807, 2.05) is 0 Å². The van der Waals surface area contributed by atoms with E-state index in [2.05, 4.69) is 0 Å². The molecule has 7 heteroatoms. The molecule has 1 heterocycles. The molecule has 1 rings (SSSR count). The standard InChI is InChI=1S/C12H18O7/c1-6(17-7(2)13)11-12(19-9(4)15)10(5-16-11)18-8(3)14/h6,10-12H,5H2,1-4H3/t6-,10+,11+,12-/m1/s1. The first-order valence-corrected chi connectivity index (χ1v) is 5.94. The molecule has 108 valence electrons. The quantitative estimate of drug-likeness (QED) is 0.534. The summed E-state index contributed by atoms with van der Waals surface area (Å²) in [6.07, 6.45) is -2.74. The minimum absolute atomic E-state index is 0.0911. The van der Waals surface area contributed by atoms with E-state index in [0.717, 1.165) is 0 Å². The summed E-state index contributed by atoms with van der Waals surface area (Å²) in [5.41, 5.74) is 0. The van der Waals surface area contributed by atoms with E-state index in [9.17, 15) is 14.4 Å². The molecule has 0 aromatic carbocycles. The van der Waals surface area contributed by atoms with Crippen molar-refractivity contribution in [2.45, 2.75) is 52.1 Å². The van der Waals surface area contributed by atoms with Crippen LogP contribution >= 0.6 is 0 Å². The number of esters is 3. The highest BCUT2D eigenvalue weighted by Crippen LogP contribution is 2.25. The van der Waals surface area contributed by atoms with Crippen LogP contribution in [-0.2, 0) is 33.3 Å². The summed E-state index contributed by atoms with van der Waals surface area (Å²) in [7, 11) is 0. The van der Waals surface area contributed by atoms with E-state index in [-0.39, 0.29) is 6.61 Å². The van der Waals surface area contributed by atoms with Crippen molar-refractivity contribution in [2.75, 3.05) is 6.61 Å². The van der Waals surface area contributed by atoms with Crippen molar-refractivity contribution in [3.8, 4) is 0 Å². The average molecular weight is 274 g/mol. The molecule has 1 saturated heterocycles. The SMILES string of the molecule is CC(=O)O[C@H]1[C@H]([C@@H](C)OC(C)=O)OC[C@@H]1OC(C)=O. The molecule has 0 radical (unpaired) electrons. The van der Waals surface area contributed by atoms with Gasteiger partial charge in [-0.2, -0.15) is 0 Å². The van der Waals surface area contributed by atoms with Crippen LogP contribution in [0.2, 0.25) is 0 Å². The first-order valence-electron chi connectivity index (χ1n) is 5.94. The first kappa shape index (κ1) is 15.4. The molecule has 0 aliphatic carbocycles. The number of rotatable bonds is 4. The minimum atomic E-state index is -0.782.